The maximum absolute atomic E-state index is 12.1. The van der Waals surface area contributed by atoms with E-state index in [0.717, 1.165) is 10.6 Å². The molecule has 0 aliphatic rings. The third-order valence-corrected chi connectivity index (χ3v) is 3.58. The van der Waals surface area contributed by atoms with Crippen LogP contribution in [0.15, 0.2) is 42.7 Å². The minimum Gasteiger partial charge on any atom is -0.296 e. The fourth-order valence-corrected chi connectivity index (χ4v) is 2.44. The standard InChI is InChI=1S/C14H13N5OS/c1-10-17-18-14(21-10)16-13(20)12-7-15-19(9-12)8-11-5-3-2-4-6-11/h2-7,9H,8H2,1H3,(H,16,18,20). The number of anilines is 1. The summed E-state index contributed by atoms with van der Waals surface area (Å²) in [5.41, 5.74) is 1.63. The van der Waals surface area contributed by atoms with Crippen LogP contribution in [-0.4, -0.2) is 25.9 Å². The minimum absolute atomic E-state index is 0.231. The van der Waals surface area contributed by atoms with Crippen LogP contribution in [0.4, 0.5) is 5.13 Å². The first kappa shape index (κ1) is 13.4. The highest BCUT2D eigenvalue weighted by atomic mass is 32.1. The van der Waals surface area contributed by atoms with Crippen molar-refractivity contribution in [1.82, 2.24) is 20.0 Å². The van der Waals surface area contributed by atoms with Crippen molar-refractivity contribution in [1.29, 1.82) is 0 Å². The zero-order chi connectivity index (χ0) is 14.7. The molecule has 0 saturated heterocycles. The molecule has 0 bridgehead atoms. The molecule has 3 rings (SSSR count). The predicted octanol–water partition coefficient (Wildman–Crippen LogP) is 2.34. The maximum Gasteiger partial charge on any atom is 0.260 e. The van der Waals surface area contributed by atoms with Crippen LogP contribution in [0.5, 0.6) is 0 Å². The molecule has 0 spiro atoms. The van der Waals surface area contributed by atoms with Gasteiger partial charge in [-0.2, -0.15) is 5.10 Å². The smallest absolute Gasteiger partial charge is 0.260 e. The van der Waals surface area contributed by atoms with Gasteiger partial charge in [0, 0.05) is 6.20 Å². The number of nitrogens with zero attached hydrogens (tertiary/aromatic N) is 4. The van der Waals surface area contributed by atoms with Gasteiger partial charge < -0.3 is 0 Å². The van der Waals surface area contributed by atoms with Crippen LogP contribution in [0.25, 0.3) is 0 Å². The van der Waals surface area contributed by atoms with E-state index in [0.29, 0.717) is 17.2 Å². The Hall–Kier alpha value is -2.54. The largest absolute Gasteiger partial charge is 0.296 e. The van der Waals surface area contributed by atoms with Crippen molar-refractivity contribution < 1.29 is 4.79 Å². The van der Waals surface area contributed by atoms with E-state index in [1.807, 2.05) is 37.3 Å². The van der Waals surface area contributed by atoms with Gasteiger partial charge in [-0.1, -0.05) is 41.7 Å². The third kappa shape index (κ3) is 3.32. The van der Waals surface area contributed by atoms with Gasteiger partial charge in [-0.3, -0.25) is 14.8 Å². The van der Waals surface area contributed by atoms with Gasteiger partial charge in [0.15, 0.2) is 0 Å². The fraction of sp³-hybridized carbons (Fsp3) is 0.143. The molecule has 1 amide bonds. The van der Waals surface area contributed by atoms with Gasteiger partial charge >= 0.3 is 0 Å². The summed E-state index contributed by atoms with van der Waals surface area (Å²) < 4.78 is 1.73. The van der Waals surface area contributed by atoms with Gasteiger partial charge in [0.05, 0.1) is 18.3 Å². The van der Waals surface area contributed by atoms with Crippen molar-refractivity contribution in [2.45, 2.75) is 13.5 Å². The average molecular weight is 299 g/mol. The molecule has 0 atom stereocenters. The summed E-state index contributed by atoms with van der Waals surface area (Å²) in [5, 5.41) is 15.9. The number of amides is 1. The van der Waals surface area contributed by atoms with Gasteiger partial charge in [0.25, 0.3) is 5.91 Å². The number of carbonyl (C=O) groups excluding carboxylic acids is 1. The van der Waals surface area contributed by atoms with Crippen molar-refractivity contribution in [3.63, 3.8) is 0 Å². The number of nitrogens with one attached hydrogen (secondary N) is 1. The number of hydrogen-bond acceptors (Lipinski definition) is 5. The van der Waals surface area contributed by atoms with E-state index in [2.05, 4.69) is 20.6 Å². The molecule has 6 nitrogen and oxygen atoms in total. The Bertz CT molecular complexity index is 750. The van der Waals surface area contributed by atoms with Crippen LogP contribution in [0.3, 0.4) is 0 Å². The SMILES string of the molecule is Cc1nnc(NC(=O)c2cnn(Cc3ccccc3)c2)s1. The highest BCUT2D eigenvalue weighted by molar-refractivity contribution is 7.15. The van der Waals surface area contributed by atoms with Crippen molar-refractivity contribution in [2.75, 3.05) is 5.32 Å². The van der Waals surface area contributed by atoms with Crippen molar-refractivity contribution in [2.24, 2.45) is 0 Å². The maximum atomic E-state index is 12.1. The molecule has 0 radical (unpaired) electrons. The second-order valence-electron chi connectivity index (χ2n) is 4.49. The third-order valence-electron chi connectivity index (χ3n) is 2.83. The van der Waals surface area contributed by atoms with E-state index in [4.69, 9.17) is 0 Å². The molecule has 0 unspecified atom stereocenters. The lowest BCUT2D eigenvalue weighted by molar-refractivity contribution is 0.102. The predicted molar refractivity (Wildman–Crippen MR) is 80.4 cm³/mol. The van der Waals surface area contributed by atoms with E-state index >= 15 is 0 Å². The number of benzene rings is 1. The molecule has 106 valence electrons. The molecule has 3 aromatic rings. The summed E-state index contributed by atoms with van der Waals surface area (Å²) in [6.07, 6.45) is 3.27. The Morgan fingerprint density at radius 3 is 2.81 bits per heavy atom. The number of rotatable bonds is 4. The van der Waals surface area contributed by atoms with Crippen LogP contribution in [0.2, 0.25) is 0 Å². The summed E-state index contributed by atoms with van der Waals surface area (Å²) in [7, 11) is 0. The van der Waals surface area contributed by atoms with Crippen LogP contribution in [-0.2, 0) is 6.54 Å². The van der Waals surface area contributed by atoms with Gasteiger partial charge in [0.2, 0.25) is 5.13 Å². The molecule has 0 aliphatic carbocycles. The van der Waals surface area contributed by atoms with Crippen LogP contribution in [0.1, 0.15) is 20.9 Å². The van der Waals surface area contributed by atoms with E-state index < -0.39 is 0 Å². The van der Waals surface area contributed by atoms with Crippen molar-refractivity contribution in [3.8, 4) is 0 Å². The normalized spacial score (nSPS) is 10.5. The number of hydrogen-bond donors (Lipinski definition) is 1. The first-order chi connectivity index (χ1) is 10.2. The monoisotopic (exact) mass is 299 g/mol. The lowest BCUT2D eigenvalue weighted by Gasteiger charge is -2.00. The first-order valence-electron chi connectivity index (χ1n) is 6.38. The lowest BCUT2D eigenvalue weighted by Crippen LogP contribution is -2.11. The molecule has 7 heteroatoms. The molecule has 0 aliphatic heterocycles. The van der Waals surface area contributed by atoms with Crippen molar-refractivity contribution in [3.05, 3.63) is 58.9 Å². The molecule has 0 saturated carbocycles. The van der Waals surface area contributed by atoms with E-state index in [1.54, 1.807) is 17.1 Å². The van der Waals surface area contributed by atoms with Gasteiger partial charge in [-0.05, 0) is 12.5 Å². The number of carbonyl (C=O) groups is 1. The average Bonchev–Trinajstić information content (AvgIpc) is 3.09. The molecule has 0 fully saturated rings. The second-order valence-corrected chi connectivity index (χ2v) is 5.67. The zero-order valence-corrected chi connectivity index (χ0v) is 12.2. The molecule has 2 aromatic heterocycles. The summed E-state index contributed by atoms with van der Waals surface area (Å²) in [6.45, 7) is 2.47. The van der Waals surface area contributed by atoms with E-state index in [1.165, 1.54) is 11.3 Å². The Balaban J connectivity index is 1.68. The lowest BCUT2D eigenvalue weighted by atomic mass is 10.2. The zero-order valence-electron chi connectivity index (χ0n) is 11.4. The Kier molecular flexibility index (Phi) is 3.74. The highest BCUT2D eigenvalue weighted by Crippen LogP contribution is 2.15. The molecule has 2 heterocycles. The molecule has 21 heavy (non-hydrogen) atoms. The summed E-state index contributed by atoms with van der Waals surface area (Å²) in [4.78, 5) is 12.1. The van der Waals surface area contributed by atoms with Gasteiger partial charge in [-0.25, -0.2) is 0 Å². The summed E-state index contributed by atoms with van der Waals surface area (Å²) >= 11 is 1.34. The first-order valence-corrected chi connectivity index (χ1v) is 7.20. The van der Waals surface area contributed by atoms with Gasteiger partial charge in [0.1, 0.15) is 5.01 Å². The molecular formula is C14H13N5OS. The van der Waals surface area contributed by atoms with E-state index in [9.17, 15) is 4.79 Å². The highest BCUT2D eigenvalue weighted by Gasteiger charge is 2.11. The minimum atomic E-state index is -0.231. The topological polar surface area (TPSA) is 72.7 Å². The Morgan fingerprint density at radius 1 is 1.29 bits per heavy atom. The fourth-order valence-electron chi connectivity index (χ4n) is 1.85. The Labute approximate surface area is 125 Å². The number of aryl methyl sites for hydroxylation is 1. The molecule has 1 aromatic carbocycles. The van der Waals surface area contributed by atoms with Crippen LogP contribution in [0, 0.1) is 6.92 Å². The number of aromatic nitrogens is 4. The Morgan fingerprint density at radius 2 is 2.10 bits per heavy atom. The molecular weight excluding hydrogens is 286 g/mol. The van der Waals surface area contributed by atoms with Crippen LogP contribution >= 0.6 is 11.3 Å². The van der Waals surface area contributed by atoms with E-state index in [-0.39, 0.29) is 5.91 Å². The summed E-state index contributed by atoms with van der Waals surface area (Å²) in [6, 6.07) is 9.96. The second kappa shape index (κ2) is 5.84. The molecule has 1 N–H and O–H groups in total. The summed E-state index contributed by atoms with van der Waals surface area (Å²) in [5.74, 6) is -0.231. The quantitative estimate of drug-likeness (QED) is 0.802. The van der Waals surface area contributed by atoms with Crippen LogP contribution < -0.4 is 5.32 Å². The van der Waals surface area contributed by atoms with Crippen molar-refractivity contribution >= 4 is 22.4 Å². The van der Waals surface area contributed by atoms with Gasteiger partial charge in [-0.15, -0.1) is 10.2 Å².